The van der Waals surface area contributed by atoms with E-state index >= 15 is 0 Å². The smallest absolute Gasteiger partial charge is 0.348 e. The van der Waals surface area contributed by atoms with Crippen molar-refractivity contribution >= 4 is 34.2 Å². The van der Waals surface area contributed by atoms with E-state index in [-0.39, 0.29) is 33.7 Å². The van der Waals surface area contributed by atoms with Crippen molar-refractivity contribution in [1.82, 2.24) is 0 Å². The van der Waals surface area contributed by atoms with E-state index in [2.05, 4.69) is 0 Å². The molecule has 0 aliphatic carbocycles. The highest BCUT2D eigenvalue weighted by atomic mass is 32.1. The second-order valence-corrected chi connectivity index (χ2v) is 7.32. The molecule has 0 amide bonds. The van der Waals surface area contributed by atoms with Crippen molar-refractivity contribution in [2.24, 2.45) is 0 Å². The molecule has 0 aliphatic rings. The third-order valence-corrected chi connectivity index (χ3v) is 4.96. The van der Waals surface area contributed by atoms with Gasteiger partial charge in [-0.2, -0.15) is 0 Å². The summed E-state index contributed by atoms with van der Waals surface area (Å²) in [6.45, 7) is 3.98. The number of hydrogen-bond donors (Lipinski definition) is 1. The van der Waals surface area contributed by atoms with E-state index in [1.54, 1.807) is 24.3 Å². The van der Waals surface area contributed by atoms with Gasteiger partial charge in [0.25, 0.3) is 0 Å². The van der Waals surface area contributed by atoms with Gasteiger partial charge >= 0.3 is 17.9 Å². The van der Waals surface area contributed by atoms with E-state index in [4.69, 9.17) is 24.7 Å². The molecule has 0 atom stereocenters. The Labute approximate surface area is 172 Å². The molecule has 0 spiro atoms. The van der Waals surface area contributed by atoms with E-state index in [0.29, 0.717) is 12.2 Å². The van der Waals surface area contributed by atoms with Crippen LogP contribution in [0, 0.1) is 0 Å². The Balaban J connectivity index is 2.17. The predicted molar refractivity (Wildman–Crippen MR) is 107 cm³/mol. The van der Waals surface area contributed by atoms with Gasteiger partial charge in [-0.05, 0) is 31.5 Å². The Bertz CT molecular complexity index is 887. The van der Waals surface area contributed by atoms with Gasteiger partial charge in [0.15, 0.2) is 0 Å². The van der Waals surface area contributed by atoms with Crippen molar-refractivity contribution in [3.63, 3.8) is 0 Å². The average molecular weight is 421 g/mol. The van der Waals surface area contributed by atoms with Crippen LogP contribution in [0.1, 0.15) is 55.4 Å². The highest BCUT2D eigenvalue weighted by molar-refractivity contribution is 7.18. The maximum absolute atomic E-state index is 12.4. The molecule has 2 N–H and O–H groups in total. The zero-order valence-corrected chi connectivity index (χ0v) is 17.5. The zero-order chi connectivity index (χ0) is 21.6. The van der Waals surface area contributed by atoms with Crippen molar-refractivity contribution in [3.8, 4) is 0 Å². The van der Waals surface area contributed by atoms with Crippen LogP contribution < -0.4 is 5.73 Å². The first kappa shape index (κ1) is 22.4. The molecule has 0 aliphatic heterocycles. The van der Waals surface area contributed by atoms with Crippen LogP contribution in [0.15, 0.2) is 24.3 Å². The first-order valence-electron chi connectivity index (χ1n) is 8.73. The van der Waals surface area contributed by atoms with Gasteiger partial charge in [-0.25, -0.2) is 14.4 Å². The summed E-state index contributed by atoms with van der Waals surface area (Å²) in [6, 6.07) is 6.76. The summed E-state index contributed by atoms with van der Waals surface area (Å²) in [5.41, 5.74) is 7.24. The quantitative estimate of drug-likeness (QED) is 0.511. The minimum Gasteiger partial charge on any atom is -0.465 e. The molecule has 0 saturated carbocycles. The van der Waals surface area contributed by atoms with Gasteiger partial charge in [0.2, 0.25) is 0 Å². The van der Waals surface area contributed by atoms with Gasteiger partial charge in [-0.1, -0.05) is 12.1 Å². The van der Waals surface area contributed by atoms with Gasteiger partial charge < -0.3 is 24.7 Å². The standard InChI is InChI=1S/C20H23NO7S/c1-11(2)27-9-12-5-7-13(8-6-12)18(22)28-10-14-15(19(23)25-3)17(21)29-16(14)20(24)26-4/h5-8,11H,9-10,21H2,1-4H3. The molecule has 2 aromatic rings. The van der Waals surface area contributed by atoms with Crippen LogP contribution in [0.4, 0.5) is 5.00 Å². The molecule has 1 aromatic carbocycles. The summed E-state index contributed by atoms with van der Waals surface area (Å²) in [5, 5.41) is 0.0813. The third kappa shape index (κ3) is 5.55. The predicted octanol–water partition coefficient (Wildman–Crippen LogP) is 3.19. The Morgan fingerprint density at radius 2 is 1.59 bits per heavy atom. The first-order chi connectivity index (χ1) is 13.8. The molecule has 1 aromatic heterocycles. The van der Waals surface area contributed by atoms with Crippen molar-refractivity contribution in [2.75, 3.05) is 20.0 Å². The number of methoxy groups -OCH3 is 2. The van der Waals surface area contributed by atoms with Crippen LogP contribution in [0.25, 0.3) is 0 Å². The number of rotatable bonds is 8. The SMILES string of the molecule is COC(=O)c1sc(N)c(C(=O)OC)c1COC(=O)c1ccc(COC(C)C)cc1. The van der Waals surface area contributed by atoms with Crippen molar-refractivity contribution in [3.05, 3.63) is 51.4 Å². The van der Waals surface area contributed by atoms with Crippen LogP contribution in [-0.2, 0) is 32.2 Å². The molecule has 0 radical (unpaired) electrons. The Hall–Kier alpha value is -2.91. The number of esters is 3. The first-order valence-corrected chi connectivity index (χ1v) is 9.55. The Morgan fingerprint density at radius 1 is 0.966 bits per heavy atom. The lowest BCUT2D eigenvalue weighted by Gasteiger charge is -2.09. The summed E-state index contributed by atoms with van der Waals surface area (Å²) in [7, 11) is 2.40. The van der Waals surface area contributed by atoms with Crippen molar-refractivity contribution < 1.29 is 33.3 Å². The minimum atomic E-state index is -0.727. The second kappa shape index (κ2) is 10.0. The maximum atomic E-state index is 12.4. The molecular formula is C20H23NO7S. The lowest BCUT2D eigenvalue weighted by Crippen LogP contribution is -2.12. The number of nitrogens with two attached hydrogens (primary N) is 1. The zero-order valence-electron chi connectivity index (χ0n) is 16.6. The molecule has 29 heavy (non-hydrogen) atoms. The molecule has 0 bridgehead atoms. The summed E-state index contributed by atoms with van der Waals surface area (Å²) in [5.74, 6) is -2.02. The lowest BCUT2D eigenvalue weighted by molar-refractivity contribution is 0.0452. The lowest BCUT2D eigenvalue weighted by atomic mass is 10.1. The summed E-state index contributed by atoms with van der Waals surface area (Å²) >= 11 is 0.872. The highest BCUT2D eigenvalue weighted by Gasteiger charge is 2.28. The highest BCUT2D eigenvalue weighted by Crippen LogP contribution is 2.33. The van der Waals surface area contributed by atoms with Crippen LogP contribution >= 0.6 is 11.3 Å². The third-order valence-electron chi connectivity index (χ3n) is 3.92. The number of hydrogen-bond acceptors (Lipinski definition) is 9. The van der Waals surface area contributed by atoms with Crippen molar-refractivity contribution in [2.45, 2.75) is 33.2 Å². The number of thiophene rings is 1. The summed E-state index contributed by atoms with van der Waals surface area (Å²) < 4.78 is 20.2. The normalized spacial score (nSPS) is 10.7. The monoisotopic (exact) mass is 421 g/mol. The Morgan fingerprint density at radius 3 is 2.14 bits per heavy atom. The van der Waals surface area contributed by atoms with Crippen LogP contribution in [0.2, 0.25) is 0 Å². The van der Waals surface area contributed by atoms with E-state index in [1.165, 1.54) is 14.2 Å². The van der Waals surface area contributed by atoms with E-state index < -0.39 is 17.9 Å². The summed E-state index contributed by atoms with van der Waals surface area (Å²) in [4.78, 5) is 36.5. The Kier molecular flexibility index (Phi) is 7.74. The van der Waals surface area contributed by atoms with Gasteiger partial charge in [-0.3, -0.25) is 0 Å². The largest absolute Gasteiger partial charge is 0.465 e. The van der Waals surface area contributed by atoms with E-state index in [0.717, 1.165) is 16.9 Å². The summed E-state index contributed by atoms with van der Waals surface area (Å²) in [6.07, 6.45) is 0.103. The molecule has 0 saturated heterocycles. The van der Waals surface area contributed by atoms with Crippen molar-refractivity contribution in [1.29, 1.82) is 0 Å². The fourth-order valence-electron chi connectivity index (χ4n) is 2.43. The number of nitrogen functional groups attached to an aromatic ring is 1. The maximum Gasteiger partial charge on any atom is 0.348 e. The molecule has 0 unspecified atom stereocenters. The van der Waals surface area contributed by atoms with Gasteiger partial charge in [0, 0.05) is 5.56 Å². The number of benzene rings is 1. The molecule has 9 heteroatoms. The fraction of sp³-hybridized carbons (Fsp3) is 0.350. The van der Waals surface area contributed by atoms with Gasteiger partial charge in [0.05, 0.1) is 32.5 Å². The molecular weight excluding hydrogens is 398 g/mol. The fourth-order valence-corrected chi connectivity index (χ4v) is 3.41. The molecule has 8 nitrogen and oxygen atoms in total. The molecule has 2 rings (SSSR count). The van der Waals surface area contributed by atoms with Crippen LogP contribution in [0.3, 0.4) is 0 Å². The molecule has 156 valence electrons. The number of carbonyl (C=O) groups is 3. The minimum absolute atomic E-state index is 0.00752. The van der Waals surface area contributed by atoms with Crippen LogP contribution in [0.5, 0.6) is 0 Å². The van der Waals surface area contributed by atoms with Gasteiger partial charge in [0.1, 0.15) is 22.0 Å². The molecule has 0 fully saturated rings. The second-order valence-electron chi connectivity index (χ2n) is 6.26. The number of ether oxygens (including phenoxy) is 4. The topological polar surface area (TPSA) is 114 Å². The average Bonchev–Trinajstić information content (AvgIpc) is 3.05. The van der Waals surface area contributed by atoms with Gasteiger partial charge in [-0.15, -0.1) is 11.3 Å². The number of anilines is 1. The number of carbonyl (C=O) groups excluding carboxylic acids is 3. The van der Waals surface area contributed by atoms with E-state index in [9.17, 15) is 14.4 Å². The van der Waals surface area contributed by atoms with E-state index in [1.807, 2.05) is 13.8 Å². The van der Waals surface area contributed by atoms with Crippen LogP contribution in [-0.4, -0.2) is 38.2 Å². The molecule has 1 heterocycles.